The molecule has 0 saturated heterocycles. The first-order valence-electron chi connectivity index (χ1n) is 7.42. The van der Waals surface area contributed by atoms with Gasteiger partial charge >= 0.3 is 0 Å². The van der Waals surface area contributed by atoms with Gasteiger partial charge in [-0.3, -0.25) is 0 Å². The summed E-state index contributed by atoms with van der Waals surface area (Å²) in [5.41, 5.74) is 0. The molecule has 0 aliphatic heterocycles. The first-order chi connectivity index (χ1) is 9.18. The van der Waals surface area contributed by atoms with Crippen LogP contribution in [0.3, 0.4) is 0 Å². The fourth-order valence-corrected chi connectivity index (χ4v) is 0.900. The molecule has 6 nitrogen and oxygen atoms in total. The van der Waals surface area contributed by atoms with Gasteiger partial charge < -0.3 is 89.1 Å². The third kappa shape index (κ3) is 65.3. The quantitative estimate of drug-likeness (QED) is 0.210. The molecule has 0 atom stereocenters. The largest absolute Gasteiger partial charge is 1.00 e. The van der Waals surface area contributed by atoms with Crippen LogP contribution in [0.1, 0.15) is 0 Å². The zero-order valence-corrected chi connectivity index (χ0v) is 22.1. The van der Waals surface area contributed by atoms with Crippen molar-refractivity contribution >= 4 is 0 Å². The summed E-state index contributed by atoms with van der Waals surface area (Å²) in [4.78, 5) is 0. The fraction of sp³-hybridized carbons (Fsp3) is 1.00. The van der Waals surface area contributed by atoms with Crippen LogP contribution in [0.15, 0.2) is 0 Å². The molecule has 0 aliphatic rings. The van der Waals surface area contributed by atoms with Crippen LogP contribution in [-0.2, 0) is 0 Å². The van der Waals surface area contributed by atoms with Crippen molar-refractivity contribution in [1.82, 2.24) is 0 Å². The van der Waals surface area contributed by atoms with Gasteiger partial charge in [0.15, 0.2) is 0 Å². The van der Waals surface area contributed by atoms with Crippen molar-refractivity contribution in [2.75, 3.05) is 103 Å². The molecule has 0 aliphatic carbocycles. The van der Waals surface area contributed by atoms with Gasteiger partial charge in [-0.05, 0) is 0 Å². The number of hydrogen-bond acceptors (Lipinski definition) is 3. The zero-order chi connectivity index (χ0) is 17.7. The molecule has 0 spiro atoms. The average Bonchev–Trinajstić information content (AvgIpc) is 2.12. The molecule has 0 amide bonds. The van der Waals surface area contributed by atoms with Crippen molar-refractivity contribution < 1.29 is 89.1 Å². The van der Waals surface area contributed by atoms with Gasteiger partial charge in [0.25, 0.3) is 0 Å². The minimum Gasteiger partial charge on any atom is -1.00 e. The molecule has 0 rings (SSSR count). The van der Waals surface area contributed by atoms with Gasteiger partial charge in [-0.2, -0.15) is 0 Å². The van der Waals surface area contributed by atoms with Crippen LogP contribution in [0.25, 0.3) is 0 Å². The molecule has 0 radical (unpaired) electrons. The topological polar surface area (TPSA) is 60.7 Å². The normalized spacial score (nSPS) is 10.5. The van der Waals surface area contributed by atoms with Crippen LogP contribution in [0.2, 0.25) is 0 Å². The first kappa shape index (κ1) is 40.3. The van der Waals surface area contributed by atoms with E-state index in [4.69, 9.17) is 15.3 Å². The average molecular weight is 602 g/mol. The fourth-order valence-electron chi connectivity index (χ4n) is 0.900. The van der Waals surface area contributed by atoms with E-state index in [0.29, 0.717) is 0 Å². The molecule has 0 heterocycles. The van der Waals surface area contributed by atoms with Crippen LogP contribution in [0.5, 0.6) is 0 Å². The smallest absolute Gasteiger partial charge is 0.101 e. The molecular formula is C15H42ClI2N3O3. The SMILES string of the molecule is C[N+](C)(C)CCO.C[N+](C)(C)CCO.C[N+](C)(C)CCO.[Cl-].[I-].[I-]. The van der Waals surface area contributed by atoms with Gasteiger partial charge in [-0.15, -0.1) is 0 Å². The van der Waals surface area contributed by atoms with E-state index in [1.54, 1.807) is 0 Å². The highest BCUT2D eigenvalue weighted by molar-refractivity contribution is 4.20. The second-order valence-corrected chi connectivity index (χ2v) is 8.21. The summed E-state index contributed by atoms with van der Waals surface area (Å²) in [5, 5.41) is 25.2. The van der Waals surface area contributed by atoms with Gasteiger partial charge in [-0.25, -0.2) is 0 Å². The molecule has 0 aromatic rings. The molecule has 0 saturated carbocycles. The number of nitrogens with zero attached hydrogens (tertiary/aromatic N) is 3. The van der Waals surface area contributed by atoms with Gasteiger partial charge in [0.1, 0.15) is 19.6 Å². The lowest BCUT2D eigenvalue weighted by molar-refractivity contribution is -0.870. The number of likely N-dealkylation sites (N-methyl/N-ethyl adjacent to an activating group) is 3. The Morgan fingerprint density at radius 1 is 0.458 bits per heavy atom. The van der Waals surface area contributed by atoms with Crippen LogP contribution in [-0.4, -0.2) is 132 Å². The Balaban J connectivity index is -0.0000000476. The molecule has 0 unspecified atom stereocenters. The van der Waals surface area contributed by atoms with Crippen LogP contribution < -0.4 is 60.4 Å². The number of quaternary nitrogens is 3. The summed E-state index contributed by atoms with van der Waals surface area (Å²) in [6.07, 6.45) is 0. The minimum atomic E-state index is 0. The second kappa shape index (κ2) is 20.8. The second-order valence-electron chi connectivity index (χ2n) is 8.21. The van der Waals surface area contributed by atoms with E-state index < -0.39 is 0 Å². The third-order valence-electron chi connectivity index (χ3n) is 2.31. The number of halogens is 3. The summed E-state index contributed by atoms with van der Waals surface area (Å²) in [7, 11) is 18.5. The summed E-state index contributed by atoms with van der Waals surface area (Å²) in [6, 6.07) is 0. The molecule has 0 bridgehead atoms. The van der Waals surface area contributed by atoms with Crippen molar-refractivity contribution in [3.63, 3.8) is 0 Å². The number of aliphatic hydroxyl groups excluding tert-OH is 3. The predicted octanol–water partition coefficient (Wildman–Crippen LogP) is -9.93. The highest BCUT2D eigenvalue weighted by Crippen LogP contribution is 1.85. The van der Waals surface area contributed by atoms with Crippen LogP contribution >= 0.6 is 0 Å². The molecular weight excluding hydrogens is 559 g/mol. The Morgan fingerprint density at radius 2 is 0.583 bits per heavy atom. The zero-order valence-electron chi connectivity index (χ0n) is 17.1. The van der Waals surface area contributed by atoms with E-state index >= 15 is 0 Å². The number of hydrogen-bond donors (Lipinski definition) is 3. The summed E-state index contributed by atoms with van der Waals surface area (Å²) >= 11 is 0. The number of rotatable bonds is 6. The third-order valence-corrected chi connectivity index (χ3v) is 2.31. The van der Waals surface area contributed by atoms with Crippen molar-refractivity contribution in [2.24, 2.45) is 0 Å². The first-order valence-corrected chi connectivity index (χ1v) is 7.42. The highest BCUT2D eigenvalue weighted by atomic mass is 127. The molecule has 24 heavy (non-hydrogen) atoms. The minimum absolute atomic E-state index is 0. The lowest BCUT2D eigenvalue weighted by Gasteiger charge is -2.21. The molecule has 0 aromatic heterocycles. The van der Waals surface area contributed by atoms with Crippen LogP contribution in [0.4, 0.5) is 0 Å². The Kier molecular flexibility index (Phi) is 34.9. The van der Waals surface area contributed by atoms with E-state index in [1.165, 1.54) is 0 Å². The Morgan fingerprint density at radius 3 is 0.583 bits per heavy atom. The lowest BCUT2D eigenvalue weighted by Crippen LogP contribution is -3.00. The molecule has 156 valence electrons. The molecule has 0 aromatic carbocycles. The van der Waals surface area contributed by atoms with E-state index in [9.17, 15) is 0 Å². The van der Waals surface area contributed by atoms with Gasteiger partial charge in [0.2, 0.25) is 0 Å². The maximum absolute atomic E-state index is 8.39. The molecule has 9 heteroatoms. The summed E-state index contributed by atoms with van der Waals surface area (Å²) in [5.74, 6) is 0. The lowest BCUT2D eigenvalue weighted by atomic mass is 10.5. The Hall–Kier alpha value is 1.51. The van der Waals surface area contributed by atoms with E-state index in [-0.39, 0.29) is 80.2 Å². The predicted molar refractivity (Wildman–Crippen MR) is 90.0 cm³/mol. The van der Waals surface area contributed by atoms with Gasteiger partial charge in [-0.1, -0.05) is 0 Å². The van der Waals surface area contributed by atoms with E-state index in [0.717, 1.165) is 33.1 Å². The van der Waals surface area contributed by atoms with Gasteiger partial charge in [0.05, 0.1) is 83.2 Å². The summed E-state index contributed by atoms with van der Waals surface area (Å²) < 4.78 is 2.53. The van der Waals surface area contributed by atoms with Crippen molar-refractivity contribution in [2.45, 2.75) is 0 Å². The van der Waals surface area contributed by atoms with Crippen molar-refractivity contribution in [3.05, 3.63) is 0 Å². The monoisotopic (exact) mass is 601 g/mol. The maximum atomic E-state index is 8.39. The molecule has 0 fully saturated rings. The van der Waals surface area contributed by atoms with Crippen molar-refractivity contribution in [3.8, 4) is 0 Å². The Labute approximate surface area is 191 Å². The van der Waals surface area contributed by atoms with Crippen molar-refractivity contribution in [1.29, 1.82) is 0 Å². The standard InChI is InChI=1S/3C5H14NO.ClH.2HI/c3*1-6(2,3)4-5-7;;;/h3*7H,4-5H2,1-3H3;3*1H/q3*+1;;;/p-3. The molecule has 3 N–H and O–H groups in total. The highest BCUT2D eigenvalue weighted by Gasteiger charge is 2.03. The summed E-state index contributed by atoms with van der Waals surface area (Å²) in [6.45, 7) is 3.34. The van der Waals surface area contributed by atoms with Gasteiger partial charge in [0, 0.05) is 0 Å². The van der Waals surface area contributed by atoms with E-state index in [2.05, 4.69) is 63.4 Å². The Bertz CT molecular complexity index is 193. The van der Waals surface area contributed by atoms with Crippen LogP contribution in [0, 0.1) is 0 Å². The maximum Gasteiger partial charge on any atom is 0.101 e. The van der Waals surface area contributed by atoms with E-state index in [1.807, 2.05) is 0 Å². The number of aliphatic hydroxyl groups is 3.